The first-order valence-electron chi connectivity index (χ1n) is 9.90. The van der Waals surface area contributed by atoms with E-state index in [0.717, 1.165) is 24.8 Å². The predicted octanol–water partition coefficient (Wildman–Crippen LogP) is 1.73. The van der Waals surface area contributed by atoms with E-state index in [1.165, 1.54) is 9.21 Å². The van der Waals surface area contributed by atoms with Gasteiger partial charge in [0.2, 0.25) is 21.8 Å². The zero-order valence-corrected chi connectivity index (χ0v) is 17.9. The zero-order chi connectivity index (χ0) is 20.7. The Morgan fingerprint density at radius 1 is 0.964 bits per heavy atom. The number of hydrogen-bond donors (Lipinski definition) is 0. The van der Waals surface area contributed by atoms with Gasteiger partial charge in [0.1, 0.15) is 0 Å². The number of sulfonamides is 1. The molecule has 0 aliphatic carbocycles. The van der Waals surface area contributed by atoms with Gasteiger partial charge in [0.05, 0.1) is 17.9 Å². The van der Waals surface area contributed by atoms with E-state index < -0.39 is 10.0 Å². The Morgan fingerprint density at radius 3 is 2.07 bits per heavy atom. The van der Waals surface area contributed by atoms with Crippen molar-refractivity contribution in [2.24, 2.45) is 0 Å². The van der Waals surface area contributed by atoms with Crippen molar-refractivity contribution in [3.63, 3.8) is 0 Å². The van der Waals surface area contributed by atoms with Gasteiger partial charge in [-0.1, -0.05) is 18.6 Å². The maximum atomic E-state index is 12.7. The largest absolute Gasteiger partial charge is 0.342 e. The normalized spacial score (nSPS) is 15.2. The Labute approximate surface area is 168 Å². The van der Waals surface area contributed by atoms with Gasteiger partial charge in [-0.3, -0.25) is 9.59 Å². The molecule has 2 rings (SSSR count). The molecule has 2 amide bonds. The average molecular weight is 410 g/mol. The Kier molecular flexibility index (Phi) is 8.00. The van der Waals surface area contributed by atoms with Crippen molar-refractivity contribution in [2.75, 3.05) is 39.8 Å². The summed E-state index contributed by atoms with van der Waals surface area (Å²) < 4.78 is 26.9. The van der Waals surface area contributed by atoms with Gasteiger partial charge in [0, 0.05) is 33.2 Å². The van der Waals surface area contributed by atoms with Crippen molar-refractivity contribution in [1.29, 1.82) is 0 Å². The highest BCUT2D eigenvalue weighted by Gasteiger charge is 2.26. The minimum Gasteiger partial charge on any atom is -0.342 e. The van der Waals surface area contributed by atoms with Crippen LogP contribution in [0.3, 0.4) is 0 Å². The zero-order valence-electron chi connectivity index (χ0n) is 17.1. The molecule has 1 fully saturated rings. The molecule has 1 saturated heterocycles. The summed E-state index contributed by atoms with van der Waals surface area (Å²) in [4.78, 5) is 27.9. The van der Waals surface area contributed by atoms with Crippen molar-refractivity contribution in [3.8, 4) is 0 Å². The summed E-state index contributed by atoms with van der Waals surface area (Å²) in [5.74, 6) is -0.254. The van der Waals surface area contributed by atoms with Gasteiger partial charge in [0.15, 0.2) is 0 Å². The molecular weight excluding hydrogens is 378 g/mol. The second-order valence-corrected chi connectivity index (χ2v) is 9.04. The van der Waals surface area contributed by atoms with Crippen LogP contribution in [-0.4, -0.2) is 74.1 Å². The number of hydrogen-bond acceptors (Lipinski definition) is 4. The van der Waals surface area contributed by atoms with Crippen LogP contribution in [0.5, 0.6) is 0 Å². The standard InChI is InChI=1S/C20H31N3O4S/c1-4-22(5-2)20(25)16-21(3)19(24)15-17-9-11-18(12-10-17)28(26,27)23-13-7-6-8-14-23/h9-12H,4-8,13-16H2,1-3H3. The molecule has 0 spiro atoms. The predicted molar refractivity (Wildman–Crippen MR) is 108 cm³/mol. The second kappa shape index (κ2) is 10.0. The van der Waals surface area contributed by atoms with Crippen LogP contribution in [0.2, 0.25) is 0 Å². The van der Waals surface area contributed by atoms with Gasteiger partial charge in [0.25, 0.3) is 0 Å². The van der Waals surface area contributed by atoms with Gasteiger partial charge in [-0.2, -0.15) is 4.31 Å². The molecular formula is C20H31N3O4S. The Bertz CT molecular complexity index is 767. The van der Waals surface area contributed by atoms with Gasteiger partial charge < -0.3 is 9.80 Å². The maximum absolute atomic E-state index is 12.7. The Morgan fingerprint density at radius 2 is 1.54 bits per heavy atom. The molecule has 0 unspecified atom stereocenters. The SMILES string of the molecule is CCN(CC)C(=O)CN(C)C(=O)Cc1ccc(S(=O)(=O)N2CCCCC2)cc1. The molecule has 28 heavy (non-hydrogen) atoms. The highest BCUT2D eigenvalue weighted by Crippen LogP contribution is 2.21. The van der Waals surface area contributed by atoms with Gasteiger partial charge in [-0.15, -0.1) is 0 Å². The highest BCUT2D eigenvalue weighted by molar-refractivity contribution is 7.89. The monoisotopic (exact) mass is 409 g/mol. The van der Waals surface area contributed by atoms with Gasteiger partial charge in [-0.05, 0) is 44.4 Å². The fourth-order valence-corrected chi connectivity index (χ4v) is 4.83. The number of carbonyl (C=O) groups is 2. The third-order valence-corrected chi connectivity index (χ3v) is 7.06. The van der Waals surface area contributed by atoms with E-state index in [1.54, 1.807) is 36.2 Å². The van der Waals surface area contributed by atoms with Gasteiger partial charge in [-0.25, -0.2) is 8.42 Å². The quantitative estimate of drug-likeness (QED) is 0.655. The van der Waals surface area contributed by atoms with E-state index in [9.17, 15) is 18.0 Å². The maximum Gasteiger partial charge on any atom is 0.243 e. The van der Waals surface area contributed by atoms with Crippen LogP contribution in [0.15, 0.2) is 29.2 Å². The summed E-state index contributed by atoms with van der Waals surface area (Å²) in [6.07, 6.45) is 2.98. The molecule has 7 nitrogen and oxygen atoms in total. The third-order valence-electron chi connectivity index (χ3n) is 5.15. The number of rotatable bonds is 8. The van der Waals surface area contributed by atoms with Crippen molar-refractivity contribution < 1.29 is 18.0 Å². The Hall–Kier alpha value is -1.93. The molecule has 0 aromatic heterocycles. The molecule has 156 valence electrons. The number of carbonyl (C=O) groups excluding carboxylic acids is 2. The van der Waals surface area contributed by atoms with E-state index >= 15 is 0 Å². The molecule has 0 N–H and O–H groups in total. The van der Waals surface area contributed by atoms with Crippen molar-refractivity contribution in [2.45, 2.75) is 44.4 Å². The van der Waals surface area contributed by atoms with Gasteiger partial charge >= 0.3 is 0 Å². The third kappa shape index (κ3) is 5.54. The molecule has 0 atom stereocenters. The van der Waals surface area contributed by atoms with Crippen molar-refractivity contribution >= 4 is 21.8 Å². The minimum absolute atomic E-state index is 0.0436. The lowest BCUT2D eigenvalue weighted by atomic mass is 10.1. The van der Waals surface area contributed by atoms with E-state index in [-0.39, 0.29) is 29.7 Å². The van der Waals surface area contributed by atoms with E-state index in [4.69, 9.17) is 0 Å². The van der Waals surface area contributed by atoms with E-state index in [1.807, 2.05) is 13.8 Å². The number of likely N-dealkylation sites (N-methyl/N-ethyl adjacent to an activating group) is 2. The molecule has 8 heteroatoms. The van der Waals surface area contributed by atoms with Crippen LogP contribution in [0, 0.1) is 0 Å². The molecule has 0 bridgehead atoms. The van der Waals surface area contributed by atoms with Crippen LogP contribution in [0.1, 0.15) is 38.7 Å². The molecule has 1 aliphatic heterocycles. The van der Waals surface area contributed by atoms with Crippen LogP contribution >= 0.6 is 0 Å². The van der Waals surface area contributed by atoms with Crippen LogP contribution < -0.4 is 0 Å². The summed E-state index contributed by atoms with van der Waals surface area (Å²) in [5, 5.41) is 0. The summed E-state index contributed by atoms with van der Waals surface area (Å²) >= 11 is 0. The number of piperidine rings is 1. The summed E-state index contributed by atoms with van der Waals surface area (Å²) in [5.41, 5.74) is 0.727. The van der Waals surface area contributed by atoms with Crippen molar-refractivity contribution in [1.82, 2.24) is 14.1 Å². The van der Waals surface area contributed by atoms with Crippen LogP contribution in [-0.2, 0) is 26.0 Å². The second-order valence-electron chi connectivity index (χ2n) is 7.10. The Balaban J connectivity index is 1.97. The number of benzene rings is 1. The molecule has 1 aliphatic rings. The highest BCUT2D eigenvalue weighted by atomic mass is 32.2. The lowest BCUT2D eigenvalue weighted by molar-refractivity contribution is -0.138. The van der Waals surface area contributed by atoms with Crippen LogP contribution in [0.25, 0.3) is 0 Å². The summed E-state index contributed by atoms with van der Waals surface area (Å²) in [6.45, 7) is 6.21. The lowest BCUT2D eigenvalue weighted by Gasteiger charge is -2.26. The fourth-order valence-electron chi connectivity index (χ4n) is 3.31. The molecule has 0 radical (unpaired) electrons. The van der Waals surface area contributed by atoms with E-state index in [2.05, 4.69) is 0 Å². The molecule has 1 aromatic carbocycles. The first kappa shape index (κ1) is 22.4. The fraction of sp³-hybridized carbons (Fsp3) is 0.600. The number of amides is 2. The lowest BCUT2D eigenvalue weighted by Crippen LogP contribution is -2.41. The topological polar surface area (TPSA) is 78.0 Å². The van der Waals surface area contributed by atoms with Crippen molar-refractivity contribution in [3.05, 3.63) is 29.8 Å². The average Bonchev–Trinajstić information content (AvgIpc) is 2.70. The summed E-state index contributed by atoms with van der Waals surface area (Å²) in [7, 11) is -1.86. The number of nitrogens with zero attached hydrogens (tertiary/aromatic N) is 3. The smallest absolute Gasteiger partial charge is 0.243 e. The first-order valence-corrected chi connectivity index (χ1v) is 11.3. The molecule has 0 saturated carbocycles. The van der Waals surface area contributed by atoms with Crippen LogP contribution in [0.4, 0.5) is 0 Å². The van der Waals surface area contributed by atoms with E-state index in [0.29, 0.717) is 26.2 Å². The first-order chi connectivity index (χ1) is 13.3. The molecule has 1 heterocycles. The minimum atomic E-state index is -3.47. The molecule has 1 aromatic rings. The summed E-state index contributed by atoms with van der Waals surface area (Å²) in [6, 6.07) is 6.48.